The van der Waals surface area contributed by atoms with E-state index in [9.17, 15) is 9.59 Å². The van der Waals surface area contributed by atoms with Crippen LogP contribution in [-0.4, -0.2) is 32.7 Å². The largest absolute Gasteiger partial charge is 0.493 e. The van der Waals surface area contributed by atoms with Gasteiger partial charge in [0.05, 0.1) is 26.4 Å². The van der Waals surface area contributed by atoms with Crippen LogP contribution in [-0.2, 0) is 22.4 Å². The van der Waals surface area contributed by atoms with Crippen molar-refractivity contribution in [2.75, 3.05) is 26.1 Å². The van der Waals surface area contributed by atoms with E-state index in [-0.39, 0.29) is 5.91 Å². The molecule has 0 saturated heterocycles. The number of aryl methyl sites for hydroxylation is 1. The number of nitrogens with one attached hydrogen (secondary N) is 1. The zero-order valence-electron chi connectivity index (χ0n) is 19.2. The van der Waals surface area contributed by atoms with E-state index in [1.807, 2.05) is 18.2 Å². The highest BCUT2D eigenvalue weighted by Crippen LogP contribution is 2.38. The van der Waals surface area contributed by atoms with Crippen molar-refractivity contribution in [2.45, 2.75) is 46.0 Å². The average Bonchev–Trinajstić information content (AvgIpc) is 3.15. The number of anilines is 1. The summed E-state index contributed by atoms with van der Waals surface area (Å²) in [6, 6.07) is 5.55. The molecule has 1 aromatic heterocycles. The first kappa shape index (κ1) is 23.9. The number of carbonyl (C=O) groups excluding carboxylic acids is 2. The molecule has 1 aromatic carbocycles. The molecule has 3 rings (SSSR count). The van der Waals surface area contributed by atoms with Gasteiger partial charge in [0.1, 0.15) is 5.00 Å². The third kappa shape index (κ3) is 5.91. The van der Waals surface area contributed by atoms with Crippen molar-refractivity contribution in [1.82, 2.24) is 0 Å². The molecule has 0 aliphatic heterocycles. The molecule has 0 fully saturated rings. The van der Waals surface area contributed by atoms with Gasteiger partial charge in [-0.05, 0) is 67.4 Å². The maximum atomic E-state index is 12.6. The second kappa shape index (κ2) is 11.2. The monoisotopic (exact) mass is 457 g/mol. The molecular formula is C25H31NO5S. The Bertz CT molecular complexity index is 992. The highest BCUT2D eigenvalue weighted by Gasteiger charge is 2.26. The molecule has 1 amide bonds. The van der Waals surface area contributed by atoms with Crippen LogP contribution in [0.3, 0.4) is 0 Å². The van der Waals surface area contributed by atoms with Crippen LogP contribution in [0, 0.1) is 5.92 Å². The Morgan fingerprint density at radius 1 is 1.16 bits per heavy atom. The van der Waals surface area contributed by atoms with E-state index in [1.165, 1.54) is 24.5 Å². The van der Waals surface area contributed by atoms with Crippen LogP contribution in [0.15, 0.2) is 24.3 Å². The van der Waals surface area contributed by atoms with E-state index in [4.69, 9.17) is 14.2 Å². The SMILES string of the molecule is COC(=O)c1c(NC(=O)C=Cc2ccc(OCCC(C)C)c(OC)c2)sc2c1CCCC2. The molecule has 172 valence electrons. The van der Waals surface area contributed by atoms with Gasteiger partial charge in [0, 0.05) is 11.0 Å². The number of hydrogen-bond acceptors (Lipinski definition) is 6. The Morgan fingerprint density at radius 3 is 2.66 bits per heavy atom. The molecule has 32 heavy (non-hydrogen) atoms. The fourth-order valence-corrected chi connectivity index (χ4v) is 4.89. The number of benzene rings is 1. The van der Waals surface area contributed by atoms with Gasteiger partial charge in [-0.1, -0.05) is 19.9 Å². The van der Waals surface area contributed by atoms with Crippen LogP contribution in [0.5, 0.6) is 11.5 Å². The van der Waals surface area contributed by atoms with Gasteiger partial charge in [-0.15, -0.1) is 11.3 Å². The first-order chi connectivity index (χ1) is 15.4. The van der Waals surface area contributed by atoms with Gasteiger partial charge < -0.3 is 19.5 Å². The van der Waals surface area contributed by atoms with Crippen molar-refractivity contribution in [3.8, 4) is 11.5 Å². The lowest BCUT2D eigenvalue weighted by atomic mass is 9.95. The summed E-state index contributed by atoms with van der Waals surface area (Å²) in [5.74, 6) is 1.17. The molecule has 7 heteroatoms. The fourth-order valence-electron chi connectivity index (χ4n) is 3.61. The van der Waals surface area contributed by atoms with Crippen molar-refractivity contribution in [2.24, 2.45) is 5.92 Å². The Balaban J connectivity index is 1.70. The second-order valence-electron chi connectivity index (χ2n) is 8.17. The van der Waals surface area contributed by atoms with Gasteiger partial charge >= 0.3 is 5.97 Å². The highest BCUT2D eigenvalue weighted by molar-refractivity contribution is 7.17. The number of fused-ring (bicyclic) bond motifs is 1. The summed E-state index contributed by atoms with van der Waals surface area (Å²) in [4.78, 5) is 26.1. The molecule has 1 aliphatic rings. The van der Waals surface area contributed by atoms with Crippen LogP contribution in [0.25, 0.3) is 6.08 Å². The molecule has 6 nitrogen and oxygen atoms in total. The number of amides is 1. The van der Waals surface area contributed by atoms with E-state index in [0.29, 0.717) is 34.6 Å². The molecule has 0 atom stereocenters. The number of thiophene rings is 1. The van der Waals surface area contributed by atoms with Crippen molar-refractivity contribution in [3.63, 3.8) is 0 Å². The lowest BCUT2D eigenvalue weighted by Gasteiger charge is -2.12. The molecule has 1 heterocycles. The van der Waals surface area contributed by atoms with Gasteiger partial charge in [-0.2, -0.15) is 0 Å². The lowest BCUT2D eigenvalue weighted by molar-refractivity contribution is -0.111. The summed E-state index contributed by atoms with van der Waals surface area (Å²) in [6.07, 6.45) is 8.04. The summed E-state index contributed by atoms with van der Waals surface area (Å²) in [7, 11) is 2.96. The van der Waals surface area contributed by atoms with E-state index in [0.717, 1.165) is 48.1 Å². The minimum absolute atomic E-state index is 0.301. The van der Waals surface area contributed by atoms with Gasteiger partial charge in [0.15, 0.2) is 11.5 Å². The standard InChI is InChI=1S/C25H31NO5S/c1-16(2)13-14-31-19-11-9-17(15-20(19)29-3)10-12-22(27)26-24-23(25(28)30-4)18-7-5-6-8-21(18)32-24/h9-12,15-16H,5-8,13-14H2,1-4H3,(H,26,27). The van der Waals surface area contributed by atoms with Gasteiger partial charge in [0.2, 0.25) is 5.91 Å². The molecule has 0 unspecified atom stereocenters. The smallest absolute Gasteiger partial charge is 0.341 e. The molecule has 1 aliphatic carbocycles. The van der Waals surface area contributed by atoms with Crippen molar-refractivity contribution in [1.29, 1.82) is 0 Å². The lowest BCUT2D eigenvalue weighted by Crippen LogP contribution is -2.13. The van der Waals surface area contributed by atoms with E-state index in [1.54, 1.807) is 13.2 Å². The summed E-state index contributed by atoms with van der Waals surface area (Å²) >= 11 is 1.47. The first-order valence-electron chi connectivity index (χ1n) is 11.0. The average molecular weight is 458 g/mol. The molecule has 0 radical (unpaired) electrons. The number of esters is 1. The number of carbonyl (C=O) groups is 2. The van der Waals surface area contributed by atoms with E-state index in [2.05, 4.69) is 19.2 Å². The fraction of sp³-hybridized carbons (Fsp3) is 0.440. The zero-order chi connectivity index (χ0) is 23.1. The van der Waals surface area contributed by atoms with Crippen LogP contribution in [0.4, 0.5) is 5.00 Å². The molecule has 2 aromatic rings. The summed E-state index contributed by atoms with van der Waals surface area (Å²) in [6.45, 7) is 4.93. The Hall–Kier alpha value is -2.80. The zero-order valence-corrected chi connectivity index (χ0v) is 20.0. The van der Waals surface area contributed by atoms with Crippen molar-refractivity contribution in [3.05, 3.63) is 45.8 Å². The predicted octanol–water partition coefficient (Wildman–Crippen LogP) is 5.50. The minimum atomic E-state index is -0.401. The molecular weight excluding hydrogens is 426 g/mol. The number of hydrogen-bond donors (Lipinski definition) is 1. The van der Waals surface area contributed by atoms with Crippen LogP contribution in [0.2, 0.25) is 0 Å². The molecule has 0 saturated carbocycles. The molecule has 0 spiro atoms. The third-order valence-corrected chi connectivity index (χ3v) is 6.57. The van der Waals surface area contributed by atoms with E-state index < -0.39 is 5.97 Å². The van der Waals surface area contributed by atoms with Gasteiger partial charge in [0.25, 0.3) is 0 Å². The topological polar surface area (TPSA) is 73.9 Å². The highest BCUT2D eigenvalue weighted by atomic mass is 32.1. The van der Waals surface area contributed by atoms with Crippen LogP contribution >= 0.6 is 11.3 Å². The maximum Gasteiger partial charge on any atom is 0.341 e. The Labute approximate surface area is 193 Å². The Kier molecular flexibility index (Phi) is 8.33. The summed E-state index contributed by atoms with van der Waals surface area (Å²) in [5, 5.41) is 3.43. The summed E-state index contributed by atoms with van der Waals surface area (Å²) < 4.78 is 16.2. The number of ether oxygens (including phenoxy) is 3. The molecule has 1 N–H and O–H groups in total. The van der Waals surface area contributed by atoms with Crippen LogP contribution in [0.1, 0.15) is 59.5 Å². The first-order valence-corrected chi connectivity index (χ1v) is 11.8. The molecule has 0 bridgehead atoms. The van der Waals surface area contributed by atoms with Crippen molar-refractivity contribution < 1.29 is 23.8 Å². The summed E-state index contributed by atoms with van der Waals surface area (Å²) in [5.41, 5.74) is 2.33. The van der Waals surface area contributed by atoms with Crippen molar-refractivity contribution >= 4 is 34.3 Å². The van der Waals surface area contributed by atoms with E-state index >= 15 is 0 Å². The third-order valence-electron chi connectivity index (χ3n) is 5.37. The Morgan fingerprint density at radius 2 is 1.94 bits per heavy atom. The number of rotatable bonds is 9. The maximum absolute atomic E-state index is 12.6. The number of methoxy groups -OCH3 is 2. The van der Waals surface area contributed by atoms with Crippen LogP contribution < -0.4 is 14.8 Å². The quantitative estimate of drug-likeness (QED) is 0.398. The second-order valence-corrected chi connectivity index (χ2v) is 9.28. The minimum Gasteiger partial charge on any atom is -0.493 e. The normalized spacial score (nSPS) is 13.2. The van der Waals surface area contributed by atoms with Gasteiger partial charge in [-0.25, -0.2) is 4.79 Å². The van der Waals surface area contributed by atoms with Gasteiger partial charge in [-0.3, -0.25) is 4.79 Å². The predicted molar refractivity (Wildman–Crippen MR) is 128 cm³/mol.